The molecular formula is C15H21Cl2N. The van der Waals surface area contributed by atoms with Crippen LogP contribution in [0.4, 0.5) is 0 Å². The fraction of sp³-hybridized carbons (Fsp3) is 0.467. The molecule has 3 heteroatoms. The standard InChI is InChI=1S/C15H21Cl2N/c1-3-4-5-6-7-8-15(18-2)13-10-9-12(16)11-14(13)17/h3,9-11,15,18H,1,4-8H2,2H3. The van der Waals surface area contributed by atoms with Gasteiger partial charge in [0, 0.05) is 16.1 Å². The molecular weight excluding hydrogens is 265 g/mol. The lowest BCUT2D eigenvalue weighted by Gasteiger charge is -2.18. The zero-order chi connectivity index (χ0) is 13.4. The number of unbranched alkanes of at least 4 members (excludes halogenated alkanes) is 3. The molecule has 100 valence electrons. The van der Waals surface area contributed by atoms with E-state index in [1.54, 1.807) is 6.07 Å². The molecule has 0 spiro atoms. The van der Waals surface area contributed by atoms with Gasteiger partial charge in [0.15, 0.2) is 0 Å². The maximum atomic E-state index is 6.23. The van der Waals surface area contributed by atoms with Gasteiger partial charge in [0.25, 0.3) is 0 Å². The average molecular weight is 286 g/mol. The highest BCUT2D eigenvalue weighted by Gasteiger charge is 2.12. The van der Waals surface area contributed by atoms with Gasteiger partial charge in [0.05, 0.1) is 0 Å². The zero-order valence-electron chi connectivity index (χ0n) is 10.9. The molecule has 0 aliphatic heterocycles. The predicted molar refractivity (Wildman–Crippen MR) is 81.5 cm³/mol. The highest BCUT2D eigenvalue weighted by Crippen LogP contribution is 2.29. The molecule has 0 aliphatic rings. The van der Waals surface area contributed by atoms with Gasteiger partial charge in [-0.3, -0.25) is 0 Å². The molecule has 1 rings (SSSR count). The predicted octanol–water partition coefficient (Wildman–Crippen LogP) is 5.39. The minimum absolute atomic E-state index is 0.304. The molecule has 0 radical (unpaired) electrons. The third kappa shape index (κ3) is 5.01. The zero-order valence-corrected chi connectivity index (χ0v) is 12.4. The van der Waals surface area contributed by atoms with Crippen LogP contribution in [0.1, 0.15) is 43.7 Å². The number of allylic oxidation sites excluding steroid dienone is 1. The normalized spacial score (nSPS) is 12.4. The SMILES string of the molecule is C=CCCCCCC(NC)c1ccc(Cl)cc1Cl. The van der Waals surface area contributed by atoms with Gasteiger partial charge in [0.2, 0.25) is 0 Å². The molecule has 1 aromatic carbocycles. The van der Waals surface area contributed by atoms with Crippen molar-refractivity contribution < 1.29 is 0 Å². The molecule has 0 bridgehead atoms. The van der Waals surface area contributed by atoms with Crippen molar-refractivity contribution in [3.63, 3.8) is 0 Å². The number of rotatable bonds is 8. The first-order valence-electron chi connectivity index (χ1n) is 6.42. The van der Waals surface area contributed by atoms with Crippen molar-refractivity contribution in [3.05, 3.63) is 46.5 Å². The molecule has 0 heterocycles. The van der Waals surface area contributed by atoms with E-state index < -0.39 is 0 Å². The van der Waals surface area contributed by atoms with E-state index in [0.717, 1.165) is 23.4 Å². The lowest BCUT2D eigenvalue weighted by atomic mass is 10.00. The number of hydrogen-bond donors (Lipinski definition) is 1. The smallest absolute Gasteiger partial charge is 0.0468 e. The van der Waals surface area contributed by atoms with Crippen LogP contribution in [0.2, 0.25) is 10.0 Å². The van der Waals surface area contributed by atoms with Crippen molar-refractivity contribution in [3.8, 4) is 0 Å². The summed E-state index contributed by atoms with van der Waals surface area (Å²) in [4.78, 5) is 0. The van der Waals surface area contributed by atoms with E-state index in [9.17, 15) is 0 Å². The van der Waals surface area contributed by atoms with Crippen LogP contribution in [-0.4, -0.2) is 7.05 Å². The molecule has 0 aliphatic carbocycles. The molecule has 1 aromatic rings. The Morgan fingerprint density at radius 3 is 2.67 bits per heavy atom. The van der Waals surface area contributed by atoms with E-state index in [-0.39, 0.29) is 0 Å². The van der Waals surface area contributed by atoms with Gasteiger partial charge in [-0.05, 0) is 44.0 Å². The minimum atomic E-state index is 0.304. The van der Waals surface area contributed by atoms with Gasteiger partial charge in [-0.15, -0.1) is 6.58 Å². The van der Waals surface area contributed by atoms with Crippen LogP contribution < -0.4 is 5.32 Å². The summed E-state index contributed by atoms with van der Waals surface area (Å²) in [5, 5.41) is 4.75. The topological polar surface area (TPSA) is 12.0 Å². The molecule has 1 atom stereocenters. The van der Waals surface area contributed by atoms with Crippen molar-refractivity contribution >= 4 is 23.2 Å². The molecule has 18 heavy (non-hydrogen) atoms. The van der Waals surface area contributed by atoms with Gasteiger partial charge in [-0.25, -0.2) is 0 Å². The Kier molecular flexibility index (Phi) is 7.41. The second-order valence-electron chi connectivity index (χ2n) is 4.43. The van der Waals surface area contributed by atoms with Crippen molar-refractivity contribution in [1.29, 1.82) is 0 Å². The summed E-state index contributed by atoms with van der Waals surface area (Å²) in [5.74, 6) is 0. The van der Waals surface area contributed by atoms with Gasteiger partial charge < -0.3 is 5.32 Å². The van der Waals surface area contributed by atoms with E-state index in [0.29, 0.717) is 11.1 Å². The van der Waals surface area contributed by atoms with E-state index in [2.05, 4.69) is 11.9 Å². The van der Waals surface area contributed by atoms with Gasteiger partial charge in [-0.2, -0.15) is 0 Å². The Morgan fingerprint density at radius 1 is 1.28 bits per heavy atom. The third-order valence-electron chi connectivity index (χ3n) is 3.09. The highest BCUT2D eigenvalue weighted by molar-refractivity contribution is 6.35. The maximum absolute atomic E-state index is 6.23. The largest absolute Gasteiger partial charge is 0.313 e. The summed E-state index contributed by atoms with van der Waals surface area (Å²) in [6.45, 7) is 3.73. The Morgan fingerprint density at radius 2 is 2.06 bits per heavy atom. The highest BCUT2D eigenvalue weighted by atomic mass is 35.5. The first kappa shape index (κ1) is 15.6. The van der Waals surface area contributed by atoms with Crippen molar-refractivity contribution in [2.24, 2.45) is 0 Å². The Labute approximate surface area is 120 Å². The average Bonchev–Trinajstić information content (AvgIpc) is 2.35. The van der Waals surface area contributed by atoms with Gasteiger partial charge >= 0.3 is 0 Å². The number of halogens is 2. The summed E-state index contributed by atoms with van der Waals surface area (Å²) in [7, 11) is 1.97. The second-order valence-corrected chi connectivity index (χ2v) is 5.28. The van der Waals surface area contributed by atoms with Crippen LogP contribution in [0.25, 0.3) is 0 Å². The Balaban J connectivity index is 2.52. The van der Waals surface area contributed by atoms with Crippen molar-refractivity contribution in [2.75, 3.05) is 7.05 Å². The second kappa shape index (κ2) is 8.58. The minimum Gasteiger partial charge on any atom is -0.313 e. The quantitative estimate of drug-likeness (QED) is 0.499. The van der Waals surface area contributed by atoms with E-state index in [4.69, 9.17) is 23.2 Å². The molecule has 1 N–H and O–H groups in total. The third-order valence-corrected chi connectivity index (χ3v) is 3.65. The Hall–Kier alpha value is -0.500. The fourth-order valence-corrected chi connectivity index (χ4v) is 2.59. The van der Waals surface area contributed by atoms with Crippen molar-refractivity contribution in [2.45, 2.75) is 38.1 Å². The summed E-state index contributed by atoms with van der Waals surface area (Å²) in [5.41, 5.74) is 1.13. The summed E-state index contributed by atoms with van der Waals surface area (Å²) < 4.78 is 0. The molecule has 0 fully saturated rings. The van der Waals surface area contributed by atoms with Crippen LogP contribution in [0.5, 0.6) is 0 Å². The lowest BCUT2D eigenvalue weighted by Crippen LogP contribution is -2.16. The fourth-order valence-electron chi connectivity index (χ4n) is 2.05. The summed E-state index contributed by atoms with van der Waals surface area (Å²) >= 11 is 12.1. The molecule has 0 saturated heterocycles. The van der Waals surface area contributed by atoms with E-state index >= 15 is 0 Å². The first-order chi connectivity index (χ1) is 8.69. The summed E-state index contributed by atoms with van der Waals surface area (Å²) in [6, 6.07) is 6.01. The van der Waals surface area contributed by atoms with Crippen LogP contribution in [-0.2, 0) is 0 Å². The number of hydrogen-bond acceptors (Lipinski definition) is 1. The molecule has 0 amide bonds. The Bertz CT molecular complexity index is 377. The van der Waals surface area contributed by atoms with E-state index in [1.165, 1.54) is 19.3 Å². The lowest BCUT2D eigenvalue weighted by molar-refractivity contribution is 0.508. The molecule has 1 nitrogen and oxygen atoms in total. The maximum Gasteiger partial charge on any atom is 0.0468 e. The molecule has 1 unspecified atom stereocenters. The first-order valence-corrected chi connectivity index (χ1v) is 7.17. The van der Waals surface area contributed by atoms with Gasteiger partial charge in [0.1, 0.15) is 0 Å². The molecule has 0 saturated carbocycles. The number of nitrogens with one attached hydrogen (secondary N) is 1. The summed E-state index contributed by atoms with van der Waals surface area (Å²) in [6.07, 6.45) is 7.81. The van der Waals surface area contributed by atoms with Crippen LogP contribution in [0, 0.1) is 0 Å². The molecule has 0 aromatic heterocycles. The van der Waals surface area contributed by atoms with Crippen LogP contribution >= 0.6 is 23.2 Å². The van der Waals surface area contributed by atoms with Gasteiger partial charge in [-0.1, -0.05) is 48.2 Å². The van der Waals surface area contributed by atoms with E-state index in [1.807, 2.05) is 25.3 Å². The number of benzene rings is 1. The van der Waals surface area contributed by atoms with Crippen molar-refractivity contribution in [1.82, 2.24) is 5.32 Å². The monoisotopic (exact) mass is 285 g/mol. The van der Waals surface area contributed by atoms with Crippen LogP contribution in [0.3, 0.4) is 0 Å². The van der Waals surface area contributed by atoms with Crippen LogP contribution in [0.15, 0.2) is 30.9 Å².